The highest BCUT2D eigenvalue weighted by Crippen LogP contribution is 2.24. The molecule has 0 heterocycles. The second-order valence-corrected chi connectivity index (χ2v) is 9.31. The van der Waals surface area contributed by atoms with E-state index in [2.05, 4.69) is 0 Å². The molecule has 2 aromatic rings. The lowest BCUT2D eigenvalue weighted by molar-refractivity contribution is -0.159. The topological polar surface area (TPSA) is 72.9 Å². The molecule has 0 bridgehead atoms. The minimum Gasteiger partial charge on any atom is -0.497 e. The Bertz CT molecular complexity index is 887. The smallest absolute Gasteiger partial charge is 0.324 e. The third-order valence-electron chi connectivity index (χ3n) is 4.03. The number of rotatable bonds is 7. The van der Waals surface area contributed by atoms with Crippen molar-refractivity contribution in [3.63, 3.8) is 0 Å². The summed E-state index contributed by atoms with van der Waals surface area (Å²) in [6, 6.07) is 14.2. The van der Waals surface area contributed by atoms with E-state index in [0.717, 1.165) is 9.87 Å². The molecule has 7 heteroatoms. The van der Waals surface area contributed by atoms with Crippen LogP contribution in [0.25, 0.3) is 0 Å². The van der Waals surface area contributed by atoms with Gasteiger partial charge in [0.25, 0.3) is 0 Å². The van der Waals surface area contributed by atoms with Crippen LogP contribution in [-0.4, -0.2) is 37.4 Å². The molecule has 0 amide bonds. The first-order valence-corrected chi connectivity index (χ1v) is 10.4. The monoisotopic (exact) mass is 405 g/mol. The van der Waals surface area contributed by atoms with Gasteiger partial charge in [0, 0.05) is 6.54 Å². The number of hydrogen-bond donors (Lipinski definition) is 0. The molecular weight excluding hydrogens is 378 g/mol. The van der Waals surface area contributed by atoms with E-state index in [-0.39, 0.29) is 11.4 Å². The largest absolute Gasteiger partial charge is 0.497 e. The zero-order chi connectivity index (χ0) is 20.9. The van der Waals surface area contributed by atoms with Gasteiger partial charge in [-0.3, -0.25) is 4.79 Å². The van der Waals surface area contributed by atoms with Gasteiger partial charge in [-0.2, -0.15) is 4.31 Å². The molecule has 2 rings (SSSR count). The number of methoxy groups -OCH3 is 1. The van der Waals surface area contributed by atoms with Crippen molar-refractivity contribution in [1.29, 1.82) is 0 Å². The zero-order valence-corrected chi connectivity index (χ0v) is 17.7. The molecule has 0 saturated carbocycles. The number of hydrogen-bond acceptors (Lipinski definition) is 5. The van der Waals surface area contributed by atoms with Gasteiger partial charge in [0.05, 0.1) is 12.0 Å². The average molecular weight is 406 g/mol. The van der Waals surface area contributed by atoms with Crippen LogP contribution in [0.15, 0.2) is 59.5 Å². The number of ether oxygens (including phenoxy) is 2. The first-order valence-electron chi connectivity index (χ1n) is 8.97. The van der Waals surface area contributed by atoms with Crippen molar-refractivity contribution >= 4 is 16.0 Å². The van der Waals surface area contributed by atoms with Gasteiger partial charge < -0.3 is 9.47 Å². The minimum atomic E-state index is -3.95. The van der Waals surface area contributed by atoms with Crippen LogP contribution < -0.4 is 4.74 Å². The predicted octanol–water partition coefficient (Wildman–Crippen LogP) is 3.62. The zero-order valence-electron chi connectivity index (χ0n) is 16.9. The van der Waals surface area contributed by atoms with Crippen molar-refractivity contribution in [2.75, 3.05) is 7.11 Å². The van der Waals surface area contributed by atoms with E-state index in [1.165, 1.54) is 26.2 Å². The Labute approximate surface area is 167 Å². The van der Waals surface area contributed by atoms with E-state index in [9.17, 15) is 13.2 Å². The number of benzene rings is 2. The highest BCUT2D eigenvalue weighted by molar-refractivity contribution is 7.89. The summed E-state index contributed by atoms with van der Waals surface area (Å²) in [5.41, 5.74) is 0.0585. The molecule has 0 fully saturated rings. The minimum absolute atomic E-state index is 0.0512. The summed E-state index contributed by atoms with van der Waals surface area (Å²) in [5.74, 6) is -0.0470. The standard InChI is InChI=1S/C21H27NO5S/c1-16(20(23)27-21(2,3)4)22(15-17-9-7-6-8-10-17)28(24,25)19-13-11-18(26-5)12-14-19/h6-14,16H,15H2,1-5H3/t16-/m1/s1. The van der Waals surface area contributed by atoms with Crippen LogP contribution in [0.1, 0.15) is 33.3 Å². The highest BCUT2D eigenvalue weighted by atomic mass is 32.2. The number of carbonyl (C=O) groups excluding carboxylic acids is 1. The van der Waals surface area contributed by atoms with Gasteiger partial charge >= 0.3 is 5.97 Å². The van der Waals surface area contributed by atoms with Crippen LogP contribution >= 0.6 is 0 Å². The van der Waals surface area contributed by atoms with Gasteiger partial charge in [-0.05, 0) is 57.5 Å². The van der Waals surface area contributed by atoms with Gasteiger partial charge in [0.2, 0.25) is 10.0 Å². The van der Waals surface area contributed by atoms with Crippen LogP contribution in [-0.2, 0) is 26.1 Å². The van der Waals surface area contributed by atoms with Gasteiger partial charge in [-0.1, -0.05) is 30.3 Å². The van der Waals surface area contributed by atoms with Crippen molar-refractivity contribution < 1.29 is 22.7 Å². The number of sulfonamides is 1. The first kappa shape index (κ1) is 21.9. The molecule has 0 unspecified atom stereocenters. The maximum atomic E-state index is 13.3. The SMILES string of the molecule is COc1ccc(S(=O)(=O)N(Cc2ccccc2)[C@H](C)C(=O)OC(C)(C)C)cc1. The molecule has 6 nitrogen and oxygen atoms in total. The molecule has 0 aliphatic carbocycles. The van der Waals surface area contributed by atoms with Gasteiger partial charge in [-0.25, -0.2) is 8.42 Å². The van der Waals surface area contributed by atoms with Crippen LogP contribution in [0.3, 0.4) is 0 Å². The van der Waals surface area contributed by atoms with E-state index < -0.39 is 27.6 Å². The van der Waals surface area contributed by atoms with E-state index in [4.69, 9.17) is 9.47 Å². The maximum absolute atomic E-state index is 13.3. The molecule has 0 aromatic heterocycles. The first-order chi connectivity index (χ1) is 13.0. The summed E-state index contributed by atoms with van der Waals surface area (Å²) < 4.78 is 38.3. The second-order valence-electron chi connectivity index (χ2n) is 7.42. The number of nitrogens with zero attached hydrogens (tertiary/aromatic N) is 1. The molecule has 0 N–H and O–H groups in total. The van der Waals surface area contributed by atoms with Gasteiger partial charge in [0.15, 0.2) is 0 Å². The fourth-order valence-corrected chi connectivity index (χ4v) is 4.15. The van der Waals surface area contributed by atoms with Crippen LogP contribution in [0.2, 0.25) is 0 Å². The van der Waals surface area contributed by atoms with Crippen molar-refractivity contribution in [3.05, 3.63) is 60.2 Å². The fraction of sp³-hybridized carbons (Fsp3) is 0.381. The Morgan fingerprint density at radius 2 is 1.61 bits per heavy atom. The van der Waals surface area contributed by atoms with E-state index in [1.54, 1.807) is 32.9 Å². The Morgan fingerprint density at radius 3 is 2.11 bits per heavy atom. The number of esters is 1. The Balaban J connectivity index is 2.42. The third kappa shape index (κ3) is 5.56. The molecule has 0 spiro atoms. The van der Waals surface area contributed by atoms with Gasteiger partial charge in [-0.15, -0.1) is 0 Å². The Kier molecular flexibility index (Phi) is 6.85. The summed E-state index contributed by atoms with van der Waals surface area (Å²) in [4.78, 5) is 12.7. The lowest BCUT2D eigenvalue weighted by Gasteiger charge is -2.30. The third-order valence-corrected chi connectivity index (χ3v) is 5.96. The summed E-state index contributed by atoms with van der Waals surface area (Å²) in [5, 5.41) is 0. The Hall–Kier alpha value is -2.38. The predicted molar refractivity (Wildman–Crippen MR) is 107 cm³/mol. The number of carbonyl (C=O) groups is 1. The molecule has 0 saturated heterocycles. The molecule has 1 atom stereocenters. The highest BCUT2D eigenvalue weighted by Gasteiger charge is 2.35. The average Bonchev–Trinajstić information content (AvgIpc) is 2.65. The fourth-order valence-electron chi connectivity index (χ4n) is 2.58. The normalized spacial score (nSPS) is 13.2. The second kappa shape index (κ2) is 8.75. The van der Waals surface area contributed by atoms with E-state index in [1.807, 2.05) is 30.3 Å². The summed E-state index contributed by atoms with van der Waals surface area (Å²) in [6.07, 6.45) is 0. The van der Waals surface area contributed by atoms with Crippen molar-refractivity contribution in [2.24, 2.45) is 0 Å². The quantitative estimate of drug-likeness (QED) is 0.658. The molecule has 0 aliphatic rings. The maximum Gasteiger partial charge on any atom is 0.324 e. The lowest BCUT2D eigenvalue weighted by Crippen LogP contribution is -2.45. The van der Waals surface area contributed by atoms with E-state index >= 15 is 0 Å². The van der Waals surface area contributed by atoms with E-state index in [0.29, 0.717) is 5.75 Å². The molecule has 152 valence electrons. The van der Waals surface area contributed by atoms with Gasteiger partial charge in [0.1, 0.15) is 17.4 Å². The summed E-state index contributed by atoms with van der Waals surface area (Å²) >= 11 is 0. The van der Waals surface area contributed by atoms with Crippen LogP contribution in [0, 0.1) is 0 Å². The van der Waals surface area contributed by atoms with Crippen LogP contribution in [0.5, 0.6) is 5.75 Å². The summed E-state index contributed by atoms with van der Waals surface area (Å²) in [7, 11) is -2.44. The Morgan fingerprint density at radius 1 is 1.04 bits per heavy atom. The molecule has 2 aromatic carbocycles. The lowest BCUT2D eigenvalue weighted by atomic mass is 10.2. The molecule has 0 aliphatic heterocycles. The molecule has 28 heavy (non-hydrogen) atoms. The molecule has 0 radical (unpaired) electrons. The summed E-state index contributed by atoms with van der Waals surface area (Å²) in [6.45, 7) is 6.83. The van der Waals surface area contributed by atoms with Crippen molar-refractivity contribution in [3.8, 4) is 5.75 Å². The van der Waals surface area contributed by atoms with Crippen molar-refractivity contribution in [2.45, 2.75) is 50.8 Å². The molecular formula is C21H27NO5S. The van der Waals surface area contributed by atoms with Crippen LogP contribution in [0.4, 0.5) is 0 Å². The van der Waals surface area contributed by atoms with Crippen molar-refractivity contribution in [1.82, 2.24) is 4.31 Å².